The summed E-state index contributed by atoms with van der Waals surface area (Å²) in [5.74, 6) is 0.924. The van der Waals surface area contributed by atoms with Gasteiger partial charge in [0.2, 0.25) is 0 Å². The third-order valence-electron chi connectivity index (χ3n) is 3.74. The van der Waals surface area contributed by atoms with Crippen LogP contribution >= 0.6 is 11.6 Å². The molecule has 1 aromatic carbocycles. The molecule has 0 spiro atoms. The average molecular weight is 312 g/mol. The van der Waals surface area contributed by atoms with Gasteiger partial charge in [-0.05, 0) is 31.5 Å². The number of nitrogens with zero attached hydrogens (tertiary/aromatic N) is 2. The standard InChI is InChI=1S/C15H22ClN3O2/c1-15(6-7-20,10-21-3)17-9-14-18-12-8-11(16)4-5-13(12)19(14)2/h4-5,8,17,20H,6-7,9-10H2,1-3H3. The fraction of sp³-hybridized carbons (Fsp3) is 0.533. The van der Waals surface area contributed by atoms with Crippen molar-refractivity contribution in [2.45, 2.75) is 25.4 Å². The van der Waals surface area contributed by atoms with E-state index in [1.807, 2.05) is 36.7 Å². The maximum absolute atomic E-state index is 9.19. The number of hydrogen-bond acceptors (Lipinski definition) is 4. The Labute approximate surface area is 129 Å². The molecule has 5 nitrogen and oxygen atoms in total. The van der Waals surface area contributed by atoms with Crippen molar-refractivity contribution in [3.05, 3.63) is 29.0 Å². The number of methoxy groups -OCH3 is 1. The third kappa shape index (κ3) is 3.74. The Morgan fingerprint density at radius 3 is 2.90 bits per heavy atom. The average Bonchev–Trinajstić information content (AvgIpc) is 2.73. The largest absolute Gasteiger partial charge is 0.396 e. The number of hydrogen-bond donors (Lipinski definition) is 2. The number of halogens is 1. The lowest BCUT2D eigenvalue weighted by Gasteiger charge is -2.29. The number of fused-ring (bicyclic) bond motifs is 1. The molecule has 2 aromatic rings. The first-order chi connectivity index (χ1) is 9.99. The number of imidazole rings is 1. The molecule has 0 bridgehead atoms. The Kier molecular flexibility index (Phi) is 5.22. The van der Waals surface area contributed by atoms with E-state index in [4.69, 9.17) is 16.3 Å². The molecule has 0 fully saturated rings. The molecule has 1 aromatic heterocycles. The van der Waals surface area contributed by atoms with Gasteiger partial charge in [0, 0.05) is 31.3 Å². The highest BCUT2D eigenvalue weighted by Gasteiger charge is 2.23. The topological polar surface area (TPSA) is 59.3 Å². The lowest BCUT2D eigenvalue weighted by molar-refractivity contribution is 0.0963. The van der Waals surface area contributed by atoms with Gasteiger partial charge in [-0.25, -0.2) is 4.98 Å². The summed E-state index contributed by atoms with van der Waals surface area (Å²) >= 11 is 6.00. The Morgan fingerprint density at radius 2 is 2.24 bits per heavy atom. The van der Waals surface area contributed by atoms with Crippen LogP contribution in [0.25, 0.3) is 11.0 Å². The number of aliphatic hydroxyl groups excluding tert-OH is 1. The first kappa shape index (κ1) is 16.2. The second-order valence-corrected chi connectivity index (χ2v) is 5.98. The van der Waals surface area contributed by atoms with Crippen LogP contribution in [0, 0.1) is 0 Å². The van der Waals surface area contributed by atoms with E-state index in [0.29, 0.717) is 24.6 Å². The molecule has 0 aliphatic heterocycles. The number of aliphatic hydroxyl groups is 1. The molecule has 0 radical (unpaired) electrons. The van der Waals surface area contributed by atoms with Crippen LogP contribution in [0.5, 0.6) is 0 Å². The number of benzene rings is 1. The number of ether oxygens (including phenoxy) is 1. The van der Waals surface area contributed by atoms with E-state index >= 15 is 0 Å². The molecule has 2 rings (SSSR count). The van der Waals surface area contributed by atoms with Crippen LogP contribution < -0.4 is 5.32 Å². The Balaban J connectivity index is 2.17. The lowest BCUT2D eigenvalue weighted by Crippen LogP contribution is -2.46. The van der Waals surface area contributed by atoms with Crippen molar-refractivity contribution in [2.75, 3.05) is 20.3 Å². The van der Waals surface area contributed by atoms with Gasteiger partial charge in [-0.15, -0.1) is 0 Å². The smallest absolute Gasteiger partial charge is 0.123 e. The summed E-state index contributed by atoms with van der Waals surface area (Å²) in [6.45, 7) is 3.28. The van der Waals surface area contributed by atoms with Crippen molar-refractivity contribution < 1.29 is 9.84 Å². The first-order valence-corrected chi connectivity index (χ1v) is 7.32. The normalized spacial score (nSPS) is 14.5. The zero-order chi connectivity index (χ0) is 15.5. The summed E-state index contributed by atoms with van der Waals surface area (Å²) < 4.78 is 7.28. The molecule has 0 amide bonds. The van der Waals surface area contributed by atoms with Gasteiger partial charge < -0.3 is 19.7 Å². The molecule has 0 saturated carbocycles. The molecule has 1 unspecified atom stereocenters. The fourth-order valence-electron chi connectivity index (χ4n) is 2.45. The molecule has 6 heteroatoms. The van der Waals surface area contributed by atoms with Gasteiger partial charge in [0.1, 0.15) is 5.82 Å². The van der Waals surface area contributed by atoms with Crippen molar-refractivity contribution in [1.82, 2.24) is 14.9 Å². The second kappa shape index (κ2) is 6.75. The minimum Gasteiger partial charge on any atom is -0.396 e. The van der Waals surface area contributed by atoms with Crippen LogP contribution in [0.15, 0.2) is 18.2 Å². The summed E-state index contributed by atoms with van der Waals surface area (Å²) in [7, 11) is 3.65. The third-order valence-corrected chi connectivity index (χ3v) is 3.97. The van der Waals surface area contributed by atoms with Crippen LogP contribution in [0.3, 0.4) is 0 Å². The summed E-state index contributed by atoms with van der Waals surface area (Å²) in [6, 6.07) is 5.70. The van der Waals surface area contributed by atoms with E-state index in [9.17, 15) is 5.11 Å². The Morgan fingerprint density at radius 1 is 1.48 bits per heavy atom. The summed E-state index contributed by atoms with van der Waals surface area (Å²) in [6.07, 6.45) is 0.622. The van der Waals surface area contributed by atoms with Gasteiger partial charge in [-0.3, -0.25) is 0 Å². The highest BCUT2D eigenvalue weighted by Crippen LogP contribution is 2.20. The fourth-order valence-corrected chi connectivity index (χ4v) is 2.62. The van der Waals surface area contributed by atoms with Crippen LogP contribution in [-0.4, -0.2) is 40.5 Å². The van der Waals surface area contributed by atoms with E-state index in [-0.39, 0.29) is 12.1 Å². The Hall–Kier alpha value is -1.14. The highest BCUT2D eigenvalue weighted by atomic mass is 35.5. The number of aryl methyl sites for hydroxylation is 1. The molecular weight excluding hydrogens is 290 g/mol. The Bertz CT molecular complexity index is 606. The van der Waals surface area contributed by atoms with E-state index in [1.54, 1.807) is 7.11 Å². The van der Waals surface area contributed by atoms with Crippen molar-refractivity contribution in [1.29, 1.82) is 0 Å². The van der Waals surface area contributed by atoms with Gasteiger partial charge in [0.25, 0.3) is 0 Å². The molecular formula is C15H22ClN3O2. The molecule has 0 aliphatic carbocycles. The number of rotatable bonds is 7. The van der Waals surface area contributed by atoms with E-state index < -0.39 is 0 Å². The van der Waals surface area contributed by atoms with Gasteiger partial charge in [0.05, 0.1) is 24.2 Å². The maximum Gasteiger partial charge on any atom is 0.123 e. The van der Waals surface area contributed by atoms with Crippen LogP contribution in [0.1, 0.15) is 19.2 Å². The van der Waals surface area contributed by atoms with Gasteiger partial charge in [0.15, 0.2) is 0 Å². The predicted molar refractivity (Wildman–Crippen MR) is 84.5 cm³/mol. The minimum absolute atomic E-state index is 0.116. The summed E-state index contributed by atoms with van der Waals surface area (Å²) in [5, 5.41) is 13.3. The molecule has 1 atom stereocenters. The molecule has 116 valence electrons. The molecule has 2 N–H and O–H groups in total. The molecule has 21 heavy (non-hydrogen) atoms. The molecule has 0 saturated heterocycles. The second-order valence-electron chi connectivity index (χ2n) is 5.54. The van der Waals surface area contributed by atoms with Gasteiger partial charge >= 0.3 is 0 Å². The summed E-state index contributed by atoms with van der Waals surface area (Å²) in [5.41, 5.74) is 1.66. The van der Waals surface area contributed by atoms with E-state index in [2.05, 4.69) is 10.3 Å². The molecule has 1 heterocycles. The zero-order valence-electron chi connectivity index (χ0n) is 12.7. The first-order valence-electron chi connectivity index (χ1n) is 6.95. The minimum atomic E-state index is -0.278. The van der Waals surface area contributed by atoms with E-state index in [1.165, 1.54) is 0 Å². The van der Waals surface area contributed by atoms with Crippen molar-refractivity contribution in [3.63, 3.8) is 0 Å². The predicted octanol–water partition coefficient (Wildman–Crippen LogP) is 2.10. The van der Waals surface area contributed by atoms with Crippen LogP contribution in [-0.2, 0) is 18.3 Å². The van der Waals surface area contributed by atoms with Crippen LogP contribution in [0.2, 0.25) is 5.02 Å². The van der Waals surface area contributed by atoms with Gasteiger partial charge in [-0.2, -0.15) is 0 Å². The van der Waals surface area contributed by atoms with Crippen molar-refractivity contribution in [3.8, 4) is 0 Å². The lowest BCUT2D eigenvalue weighted by atomic mass is 9.99. The van der Waals surface area contributed by atoms with Crippen molar-refractivity contribution >= 4 is 22.6 Å². The van der Waals surface area contributed by atoms with Gasteiger partial charge in [-0.1, -0.05) is 11.6 Å². The van der Waals surface area contributed by atoms with Crippen LogP contribution in [0.4, 0.5) is 0 Å². The summed E-state index contributed by atoms with van der Waals surface area (Å²) in [4.78, 5) is 4.61. The van der Waals surface area contributed by atoms with Crippen molar-refractivity contribution in [2.24, 2.45) is 7.05 Å². The maximum atomic E-state index is 9.19. The highest BCUT2D eigenvalue weighted by molar-refractivity contribution is 6.31. The monoisotopic (exact) mass is 311 g/mol. The molecule has 0 aliphatic rings. The quantitative estimate of drug-likeness (QED) is 0.822. The number of aromatic nitrogens is 2. The van der Waals surface area contributed by atoms with E-state index in [0.717, 1.165) is 16.9 Å². The zero-order valence-corrected chi connectivity index (χ0v) is 13.4. The number of nitrogens with one attached hydrogen (secondary N) is 1. The SMILES string of the molecule is COCC(C)(CCO)NCc1nc2cc(Cl)ccc2n1C.